The Morgan fingerprint density at radius 2 is 1.86 bits per heavy atom. The molecule has 0 unspecified atom stereocenters. The lowest BCUT2D eigenvalue weighted by Crippen LogP contribution is -2.56. The predicted octanol–water partition coefficient (Wildman–Crippen LogP) is 4.13. The number of fused-ring (bicyclic) bond motifs is 1. The van der Waals surface area contributed by atoms with Crippen molar-refractivity contribution in [2.75, 3.05) is 59.0 Å². The van der Waals surface area contributed by atoms with E-state index in [0.29, 0.717) is 0 Å². The summed E-state index contributed by atoms with van der Waals surface area (Å²) in [5, 5.41) is 0.845. The Bertz CT molecular complexity index is 622. The van der Waals surface area contributed by atoms with Crippen molar-refractivity contribution >= 4 is 11.6 Å². The molecule has 0 amide bonds. The van der Waals surface area contributed by atoms with E-state index in [9.17, 15) is 0 Å². The van der Waals surface area contributed by atoms with Gasteiger partial charge in [0, 0.05) is 56.9 Å². The molecule has 29 heavy (non-hydrogen) atoms. The van der Waals surface area contributed by atoms with Crippen LogP contribution in [0.4, 0.5) is 0 Å². The van der Waals surface area contributed by atoms with Crippen LogP contribution in [0.15, 0.2) is 24.3 Å². The highest BCUT2D eigenvalue weighted by atomic mass is 35.5. The van der Waals surface area contributed by atoms with Gasteiger partial charge >= 0.3 is 0 Å². The first-order chi connectivity index (χ1) is 14.3. The third-order valence-electron chi connectivity index (χ3n) is 6.95. The molecule has 3 heterocycles. The second-order valence-electron chi connectivity index (χ2n) is 9.29. The van der Waals surface area contributed by atoms with Gasteiger partial charge in [-0.15, -0.1) is 0 Å². The fourth-order valence-corrected chi connectivity index (χ4v) is 5.53. The largest absolute Gasteiger partial charge is 0.381 e. The van der Waals surface area contributed by atoms with Crippen LogP contribution < -0.4 is 0 Å². The summed E-state index contributed by atoms with van der Waals surface area (Å²) in [6.45, 7) is 11.5. The van der Waals surface area contributed by atoms with Crippen LogP contribution in [0.3, 0.4) is 0 Å². The van der Waals surface area contributed by atoms with Gasteiger partial charge in [-0.05, 0) is 68.8 Å². The second kappa shape index (κ2) is 11.1. The number of hydrogen-bond acceptors (Lipinski definition) is 4. The van der Waals surface area contributed by atoms with Crippen molar-refractivity contribution in [2.24, 2.45) is 5.92 Å². The minimum absolute atomic E-state index is 0.721. The number of hydrogen-bond donors (Lipinski definition) is 0. The Balaban J connectivity index is 1.11. The molecule has 0 aromatic heterocycles. The van der Waals surface area contributed by atoms with Gasteiger partial charge in [0.05, 0.1) is 6.61 Å². The molecule has 5 heteroatoms. The zero-order valence-electron chi connectivity index (χ0n) is 17.9. The molecule has 0 N–H and O–H groups in total. The van der Waals surface area contributed by atoms with E-state index >= 15 is 0 Å². The molecule has 1 aromatic carbocycles. The van der Waals surface area contributed by atoms with Crippen molar-refractivity contribution in [2.45, 2.75) is 51.1 Å². The SMILES string of the molecule is Clc1cccc(CN2CCN3C[C@H](COCCCN4CCCCC4)CC[C@H]3C2)c1. The summed E-state index contributed by atoms with van der Waals surface area (Å²) in [5.74, 6) is 0.723. The minimum atomic E-state index is 0.721. The lowest BCUT2D eigenvalue weighted by Gasteiger charge is -2.46. The molecule has 4 nitrogen and oxygen atoms in total. The van der Waals surface area contributed by atoms with E-state index in [1.807, 2.05) is 6.07 Å². The van der Waals surface area contributed by atoms with E-state index in [1.165, 1.54) is 83.4 Å². The summed E-state index contributed by atoms with van der Waals surface area (Å²) in [6.07, 6.45) is 8.02. The summed E-state index contributed by atoms with van der Waals surface area (Å²) in [5.41, 5.74) is 1.33. The molecule has 1 aromatic rings. The van der Waals surface area contributed by atoms with Crippen molar-refractivity contribution in [3.8, 4) is 0 Å². The number of rotatable bonds is 8. The number of piperazine rings is 1. The average molecular weight is 420 g/mol. The lowest BCUT2D eigenvalue weighted by molar-refractivity contribution is -0.00316. The van der Waals surface area contributed by atoms with Crippen LogP contribution in [-0.2, 0) is 11.3 Å². The van der Waals surface area contributed by atoms with E-state index in [4.69, 9.17) is 16.3 Å². The van der Waals surface area contributed by atoms with Crippen LogP contribution in [0.2, 0.25) is 5.02 Å². The number of nitrogens with zero attached hydrogens (tertiary/aromatic N) is 3. The van der Waals surface area contributed by atoms with Crippen LogP contribution in [0, 0.1) is 5.92 Å². The van der Waals surface area contributed by atoms with Crippen LogP contribution in [0.5, 0.6) is 0 Å². The summed E-state index contributed by atoms with van der Waals surface area (Å²) in [6, 6.07) is 9.04. The number of halogens is 1. The Morgan fingerprint density at radius 1 is 0.966 bits per heavy atom. The van der Waals surface area contributed by atoms with Crippen LogP contribution in [0.1, 0.15) is 44.1 Å². The Kier molecular flexibility index (Phi) is 8.26. The summed E-state index contributed by atoms with van der Waals surface area (Å²) in [7, 11) is 0. The Morgan fingerprint density at radius 3 is 2.72 bits per heavy atom. The van der Waals surface area contributed by atoms with Gasteiger partial charge in [-0.3, -0.25) is 9.80 Å². The van der Waals surface area contributed by atoms with Crippen LogP contribution in [-0.4, -0.2) is 79.8 Å². The van der Waals surface area contributed by atoms with Gasteiger partial charge in [-0.1, -0.05) is 30.2 Å². The number of benzene rings is 1. The van der Waals surface area contributed by atoms with E-state index in [0.717, 1.165) is 43.3 Å². The summed E-state index contributed by atoms with van der Waals surface area (Å²) >= 11 is 6.15. The summed E-state index contributed by atoms with van der Waals surface area (Å²) < 4.78 is 6.08. The molecular weight excluding hydrogens is 382 g/mol. The zero-order chi connectivity index (χ0) is 19.9. The Labute approximate surface area is 182 Å². The van der Waals surface area contributed by atoms with Crippen molar-refractivity contribution in [3.63, 3.8) is 0 Å². The smallest absolute Gasteiger partial charge is 0.0506 e. The van der Waals surface area contributed by atoms with Gasteiger partial charge < -0.3 is 9.64 Å². The predicted molar refractivity (Wildman–Crippen MR) is 121 cm³/mol. The minimum Gasteiger partial charge on any atom is -0.381 e. The van der Waals surface area contributed by atoms with Crippen molar-refractivity contribution in [1.29, 1.82) is 0 Å². The quantitative estimate of drug-likeness (QED) is 0.589. The highest BCUT2D eigenvalue weighted by molar-refractivity contribution is 6.30. The zero-order valence-corrected chi connectivity index (χ0v) is 18.7. The second-order valence-corrected chi connectivity index (χ2v) is 9.72. The Hall–Kier alpha value is -0.650. The monoisotopic (exact) mass is 419 g/mol. The normalized spacial score (nSPS) is 27.1. The topological polar surface area (TPSA) is 19.0 Å². The van der Waals surface area contributed by atoms with Crippen molar-refractivity contribution in [1.82, 2.24) is 14.7 Å². The maximum absolute atomic E-state index is 6.15. The first-order valence-electron chi connectivity index (χ1n) is 11.8. The third-order valence-corrected chi connectivity index (χ3v) is 7.19. The van der Waals surface area contributed by atoms with E-state index < -0.39 is 0 Å². The summed E-state index contributed by atoms with van der Waals surface area (Å²) in [4.78, 5) is 7.94. The number of ether oxygens (including phenoxy) is 1. The molecule has 0 spiro atoms. The highest BCUT2D eigenvalue weighted by Crippen LogP contribution is 2.26. The number of piperidine rings is 2. The van der Waals surface area contributed by atoms with E-state index in [1.54, 1.807) is 0 Å². The van der Waals surface area contributed by atoms with Gasteiger partial charge in [0.25, 0.3) is 0 Å². The van der Waals surface area contributed by atoms with E-state index in [2.05, 4.69) is 32.9 Å². The molecule has 3 fully saturated rings. The molecule has 4 rings (SSSR count). The fourth-order valence-electron chi connectivity index (χ4n) is 5.32. The number of likely N-dealkylation sites (tertiary alicyclic amines) is 1. The molecular formula is C24H38ClN3O. The van der Waals surface area contributed by atoms with Crippen molar-refractivity contribution in [3.05, 3.63) is 34.9 Å². The van der Waals surface area contributed by atoms with Gasteiger partial charge in [0.2, 0.25) is 0 Å². The standard InChI is InChI=1S/C24H38ClN3O/c25-23-7-4-6-21(16-23)17-27-13-14-28-18-22(8-9-24(28)19-27)20-29-15-5-12-26-10-2-1-3-11-26/h4,6-7,16,22,24H,1-3,5,8-15,17-20H2/t22-,24+/m1/s1. The maximum Gasteiger partial charge on any atom is 0.0506 e. The molecule has 2 atom stereocenters. The van der Waals surface area contributed by atoms with Crippen molar-refractivity contribution < 1.29 is 4.74 Å². The van der Waals surface area contributed by atoms with Gasteiger partial charge in [0.15, 0.2) is 0 Å². The first-order valence-corrected chi connectivity index (χ1v) is 12.1. The molecule has 0 saturated carbocycles. The van der Waals surface area contributed by atoms with Gasteiger partial charge in [0.1, 0.15) is 0 Å². The molecule has 3 aliphatic heterocycles. The molecule has 3 aliphatic rings. The van der Waals surface area contributed by atoms with Gasteiger partial charge in [-0.2, -0.15) is 0 Å². The lowest BCUT2D eigenvalue weighted by atomic mass is 9.91. The molecule has 3 saturated heterocycles. The average Bonchev–Trinajstić information content (AvgIpc) is 2.74. The molecule has 0 bridgehead atoms. The van der Waals surface area contributed by atoms with Crippen LogP contribution in [0.25, 0.3) is 0 Å². The molecule has 0 aliphatic carbocycles. The molecule has 0 radical (unpaired) electrons. The first kappa shape index (κ1) is 21.6. The molecule has 162 valence electrons. The van der Waals surface area contributed by atoms with Crippen LogP contribution >= 0.6 is 11.6 Å². The third kappa shape index (κ3) is 6.67. The van der Waals surface area contributed by atoms with Gasteiger partial charge in [-0.25, -0.2) is 0 Å². The fraction of sp³-hybridized carbons (Fsp3) is 0.750. The van der Waals surface area contributed by atoms with E-state index in [-0.39, 0.29) is 0 Å². The highest BCUT2D eigenvalue weighted by Gasteiger charge is 2.32. The maximum atomic E-state index is 6.15.